The monoisotopic (exact) mass is 212 g/mol. The van der Waals surface area contributed by atoms with Gasteiger partial charge in [0.15, 0.2) is 0 Å². The Hall–Kier alpha value is -1.86. The lowest BCUT2D eigenvalue weighted by atomic mass is 10.2. The van der Waals surface area contributed by atoms with Gasteiger partial charge < -0.3 is 5.11 Å². The number of hydrogen-bond acceptors (Lipinski definition) is 1. The van der Waals surface area contributed by atoms with Crippen molar-refractivity contribution >= 4 is 6.08 Å². The normalized spacial score (nSPS) is 9.56. The molecule has 2 aromatic carbocycles. The minimum absolute atomic E-state index is 0.106. The molecule has 1 nitrogen and oxygen atoms in total. The molecule has 0 radical (unpaired) electrons. The summed E-state index contributed by atoms with van der Waals surface area (Å²) in [7, 11) is 0. The van der Waals surface area contributed by atoms with Crippen LogP contribution in [0.4, 0.5) is 0 Å². The van der Waals surface area contributed by atoms with Gasteiger partial charge in [0.05, 0.1) is 6.61 Å². The van der Waals surface area contributed by atoms with E-state index in [1.807, 2.05) is 72.8 Å². The molecule has 0 saturated carbocycles. The average Bonchev–Trinajstić information content (AvgIpc) is 2.40. The zero-order valence-corrected chi connectivity index (χ0v) is 9.16. The van der Waals surface area contributed by atoms with E-state index in [2.05, 4.69) is 0 Å². The van der Waals surface area contributed by atoms with Crippen LogP contribution in [-0.4, -0.2) is 11.7 Å². The molecule has 0 aliphatic rings. The van der Waals surface area contributed by atoms with Crippen LogP contribution < -0.4 is 0 Å². The Morgan fingerprint density at radius 2 is 1.19 bits per heavy atom. The highest BCUT2D eigenvalue weighted by Crippen LogP contribution is 1.99. The predicted molar refractivity (Wildman–Crippen MR) is 69.0 cm³/mol. The highest BCUT2D eigenvalue weighted by Gasteiger charge is 1.79. The molecule has 0 fully saturated rings. The smallest absolute Gasteiger partial charge is 0.0615 e. The van der Waals surface area contributed by atoms with Crippen molar-refractivity contribution in [2.24, 2.45) is 0 Å². The maximum atomic E-state index is 8.44. The molecule has 0 aliphatic heterocycles. The molecule has 0 heterocycles. The van der Waals surface area contributed by atoms with Crippen molar-refractivity contribution < 1.29 is 5.11 Å². The summed E-state index contributed by atoms with van der Waals surface area (Å²) in [5.41, 5.74) is 1.12. The molecule has 2 aromatic rings. The second-order valence-electron chi connectivity index (χ2n) is 3.15. The zero-order chi connectivity index (χ0) is 11.5. The van der Waals surface area contributed by atoms with Crippen molar-refractivity contribution in [2.75, 3.05) is 6.61 Å². The molecular weight excluding hydrogens is 196 g/mol. The molecule has 0 unspecified atom stereocenters. The van der Waals surface area contributed by atoms with Gasteiger partial charge in [-0.05, 0) is 5.56 Å². The van der Waals surface area contributed by atoms with Crippen LogP contribution in [0.2, 0.25) is 0 Å². The summed E-state index contributed by atoms with van der Waals surface area (Å²) < 4.78 is 0. The van der Waals surface area contributed by atoms with Crippen LogP contribution in [0.15, 0.2) is 72.8 Å². The van der Waals surface area contributed by atoms with Gasteiger partial charge in [-0.1, -0.05) is 78.9 Å². The Labute approximate surface area is 96.7 Å². The van der Waals surface area contributed by atoms with Crippen molar-refractivity contribution in [3.05, 3.63) is 78.4 Å². The fourth-order valence-corrected chi connectivity index (χ4v) is 1.14. The van der Waals surface area contributed by atoms with E-state index in [1.165, 1.54) is 0 Å². The summed E-state index contributed by atoms with van der Waals surface area (Å²) in [6, 6.07) is 21.9. The van der Waals surface area contributed by atoms with Crippen molar-refractivity contribution in [1.82, 2.24) is 0 Å². The van der Waals surface area contributed by atoms with Gasteiger partial charge in [0.2, 0.25) is 0 Å². The first-order chi connectivity index (χ1) is 7.93. The summed E-state index contributed by atoms with van der Waals surface area (Å²) in [6.07, 6.45) is 3.61. The van der Waals surface area contributed by atoms with Crippen LogP contribution in [-0.2, 0) is 0 Å². The number of aliphatic hydroxyl groups is 1. The van der Waals surface area contributed by atoms with Crippen LogP contribution in [0.25, 0.3) is 6.08 Å². The van der Waals surface area contributed by atoms with Gasteiger partial charge in [-0.25, -0.2) is 0 Å². The summed E-state index contributed by atoms with van der Waals surface area (Å²) in [4.78, 5) is 0. The first-order valence-electron chi connectivity index (χ1n) is 5.26. The van der Waals surface area contributed by atoms with E-state index in [1.54, 1.807) is 6.08 Å². The SMILES string of the molecule is OCC=Cc1ccccc1.c1ccccc1. The Morgan fingerprint density at radius 1 is 0.750 bits per heavy atom. The lowest BCUT2D eigenvalue weighted by molar-refractivity contribution is 0.343. The van der Waals surface area contributed by atoms with Crippen molar-refractivity contribution in [1.29, 1.82) is 0 Å². The minimum atomic E-state index is 0.106. The van der Waals surface area contributed by atoms with Gasteiger partial charge in [-0.3, -0.25) is 0 Å². The van der Waals surface area contributed by atoms with Crippen LogP contribution in [0.5, 0.6) is 0 Å². The maximum Gasteiger partial charge on any atom is 0.0615 e. The third-order valence-electron chi connectivity index (χ3n) is 1.88. The summed E-state index contributed by atoms with van der Waals surface area (Å²) in [5.74, 6) is 0. The quantitative estimate of drug-likeness (QED) is 0.809. The van der Waals surface area contributed by atoms with E-state index in [-0.39, 0.29) is 6.61 Å². The van der Waals surface area contributed by atoms with E-state index < -0.39 is 0 Å². The van der Waals surface area contributed by atoms with E-state index in [0.717, 1.165) is 5.56 Å². The van der Waals surface area contributed by atoms with E-state index in [0.29, 0.717) is 0 Å². The highest BCUT2D eigenvalue weighted by atomic mass is 16.2. The Morgan fingerprint density at radius 3 is 1.62 bits per heavy atom. The van der Waals surface area contributed by atoms with Gasteiger partial charge in [0, 0.05) is 0 Å². The molecule has 0 atom stereocenters. The largest absolute Gasteiger partial charge is 0.392 e. The van der Waals surface area contributed by atoms with Crippen LogP contribution in [0.3, 0.4) is 0 Å². The van der Waals surface area contributed by atoms with Gasteiger partial charge in [-0.15, -0.1) is 0 Å². The molecule has 2 rings (SSSR count). The Bertz CT molecular complexity index is 352. The number of benzene rings is 2. The summed E-state index contributed by atoms with van der Waals surface area (Å²) >= 11 is 0. The van der Waals surface area contributed by atoms with E-state index in [9.17, 15) is 0 Å². The molecule has 0 saturated heterocycles. The molecule has 0 spiro atoms. The molecular formula is C15H16O. The van der Waals surface area contributed by atoms with Gasteiger partial charge in [0.25, 0.3) is 0 Å². The van der Waals surface area contributed by atoms with Crippen LogP contribution >= 0.6 is 0 Å². The fourth-order valence-electron chi connectivity index (χ4n) is 1.14. The van der Waals surface area contributed by atoms with Crippen LogP contribution in [0, 0.1) is 0 Å². The Balaban J connectivity index is 0.000000181. The topological polar surface area (TPSA) is 20.2 Å². The summed E-state index contributed by atoms with van der Waals surface area (Å²) in [6.45, 7) is 0.106. The highest BCUT2D eigenvalue weighted by molar-refractivity contribution is 5.48. The maximum absolute atomic E-state index is 8.44. The first kappa shape index (κ1) is 12.2. The van der Waals surface area contributed by atoms with E-state index >= 15 is 0 Å². The van der Waals surface area contributed by atoms with Crippen molar-refractivity contribution in [3.63, 3.8) is 0 Å². The van der Waals surface area contributed by atoms with Gasteiger partial charge in [-0.2, -0.15) is 0 Å². The molecule has 0 bridgehead atoms. The van der Waals surface area contributed by atoms with E-state index in [4.69, 9.17) is 5.11 Å². The molecule has 1 N–H and O–H groups in total. The predicted octanol–water partition coefficient (Wildman–Crippen LogP) is 3.38. The lowest BCUT2D eigenvalue weighted by Crippen LogP contribution is -1.72. The van der Waals surface area contributed by atoms with Crippen molar-refractivity contribution in [2.45, 2.75) is 0 Å². The van der Waals surface area contributed by atoms with Gasteiger partial charge in [0.1, 0.15) is 0 Å². The fraction of sp³-hybridized carbons (Fsp3) is 0.0667. The molecule has 82 valence electrons. The number of hydrogen-bond donors (Lipinski definition) is 1. The molecule has 0 aliphatic carbocycles. The summed E-state index contributed by atoms with van der Waals surface area (Å²) in [5, 5.41) is 8.44. The zero-order valence-electron chi connectivity index (χ0n) is 9.16. The minimum Gasteiger partial charge on any atom is -0.392 e. The lowest BCUT2D eigenvalue weighted by Gasteiger charge is -1.88. The third-order valence-corrected chi connectivity index (χ3v) is 1.88. The second-order valence-corrected chi connectivity index (χ2v) is 3.15. The first-order valence-corrected chi connectivity index (χ1v) is 5.26. The number of aliphatic hydroxyl groups excluding tert-OH is 1. The standard InChI is InChI=1S/C9H10O.C6H6/c10-8-4-7-9-5-2-1-3-6-9;1-2-4-6-5-3-1/h1-7,10H,8H2;1-6H. The number of rotatable bonds is 2. The Kier molecular flexibility index (Phi) is 6.45. The molecule has 0 aromatic heterocycles. The van der Waals surface area contributed by atoms with Crippen molar-refractivity contribution in [3.8, 4) is 0 Å². The molecule has 0 amide bonds. The van der Waals surface area contributed by atoms with Crippen LogP contribution in [0.1, 0.15) is 5.56 Å². The third kappa shape index (κ3) is 5.78. The second kappa shape index (κ2) is 8.45. The molecule has 1 heteroatoms. The molecule has 16 heavy (non-hydrogen) atoms. The average molecular weight is 212 g/mol. The van der Waals surface area contributed by atoms with Gasteiger partial charge >= 0.3 is 0 Å².